The predicted octanol–water partition coefficient (Wildman–Crippen LogP) is 3.02. The van der Waals surface area contributed by atoms with E-state index >= 15 is 0 Å². The number of likely N-dealkylation sites (tertiary alicyclic amines) is 1. The predicted molar refractivity (Wildman–Crippen MR) is 72.6 cm³/mol. The van der Waals surface area contributed by atoms with Gasteiger partial charge in [-0.15, -0.1) is 0 Å². The van der Waals surface area contributed by atoms with Crippen molar-refractivity contribution < 1.29 is 4.52 Å². The van der Waals surface area contributed by atoms with E-state index in [1.807, 2.05) is 6.92 Å². The minimum atomic E-state index is 0.304. The molecule has 0 amide bonds. The molecule has 1 aromatic heterocycles. The Morgan fingerprint density at radius 2 is 2.26 bits per heavy atom. The average Bonchev–Trinajstić information content (AvgIpc) is 2.98. The maximum atomic E-state index is 5.11. The summed E-state index contributed by atoms with van der Waals surface area (Å²) in [7, 11) is 0. The van der Waals surface area contributed by atoms with E-state index in [2.05, 4.69) is 46.2 Å². The summed E-state index contributed by atoms with van der Waals surface area (Å²) in [6.07, 6.45) is 2.31. The quantitative estimate of drug-likeness (QED) is 0.847. The van der Waals surface area contributed by atoms with E-state index in [4.69, 9.17) is 4.52 Å². The standard InChI is InChI=1S/C15H19N3O/c1-11-5-3-6-13(9-11)10-18-8-4-7-14(18)15-16-12(2)19-17-15/h3,5-6,9,14H,4,7-8,10H2,1-2H3. The molecule has 4 heteroatoms. The number of hydrogen-bond acceptors (Lipinski definition) is 4. The molecule has 0 radical (unpaired) electrons. The van der Waals surface area contributed by atoms with Crippen molar-refractivity contribution in [3.05, 3.63) is 47.1 Å². The van der Waals surface area contributed by atoms with Crippen molar-refractivity contribution >= 4 is 0 Å². The molecule has 0 saturated carbocycles. The Morgan fingerprint density at radius 1 is 1.37 bits per heavy atom. The molecule has 1 aromatic carbocycles. The summed E-state index contributed by atoms with van der Waals surface area (Å²) in [6, 6.07) is 8.99. The number of aromatic nitrogens is 2. The van der Waals surface area contributed by atoms with Gasteiger partial charge in [0.15, 0.2) is 5.82 Å². The van der Waals surface area contributed by atoms with E-state index in [9.17, 15) is 0 Å². The lowest BCUT2D eigenvalue weighted by molar-refractivity contribution is 0.234. The lowest BCUT2D eigenvalue weighted by Gasteiger charge is -2.22. The fraction of sp³-hybridized carbons (Fsp3) is 0.467. The van der Waals surface area contributed by atoms with Gasteiger partial charge in [-0.2, -0.15) is 4.98 Å². The van der Waals surface area contributed by atoms with Crippen LogP contribution in [0.4, 0.5) is 0 Å². The van der Waals surface area contributed by atoms with Crippen LogP contribution in [0.2, 0.25) is 0 Å². The zero-order valence-electron chi connectivity index (χ0n) is 11.5. The number of aryl methyl sites for hydroxylation is 2. The molecule has 1 atom stereocenters. The van der Waals surface area contributed by atoms with E-state index in [1.165, 1.54) is 17.5 Å². The fourth-order valence-electron chi connectivity index (χ4n) is 2.80. The van der Waals surface area contributed by atoms with Gasteiger partial charge in [-0.3, -0.25) is 4.90 Å². The Balaban J connectivity index is 1.76. The molecule has 2 aromatic rings. The Labute approximate surface area is 113 Å². The molecule has 0 bridgehead atoms. The van der Waals surface area contributed by atoms with E-state index in [-0.39, 0.29) is 0 Å². The number of benzene rings is 1. The van der Waals surface area contributed by atoms with Gasteiger partial charge < -0.3 is 4.52 Å². The van der Waals surface area contributed by atoms with Gasteiger partial charge in [0.25, 0.3) is 0 Å². The maximum absolute atomic E-state index is 5.11. The van der Waals surface area contributed by atoms with Gasteiger partial charge in [-0.05, 0) is 31.9 Å². The van der Waals surface area contributed by atoms with Crippen LogP contribution in [0.5, 0.6) is 0 Å². The molecule has 1 saturated heterocycles. The highest BCUT2D eigenvalue weighted by molar-refractivity contribution is 5.22. The molecular weight excluding hydrogens is 238 g/mol. The third-order valence-corrected chi connectivity index (χ3v) is 3.67. The summed E-state index contributed by atoms with van der Waals surface area (Å²) >= 11 is 0. The SMILES string of the molecule is Cc1cccc(CN2CCCC2c2noc(C)n2)c1. The fourth-order valence-corrected chi connectivity index (χ4v) is 2.80. The molecule has 1 fully saturated rings. The van der Waals surface area contributed by atoms with Crippen LogP contribution >= 0.6 is 0 Å². The lowest BCUT2D eigenvalue weighted by Crippen LogP contribution is -2.23. The molecule has 100 valence electrons. The maximum Gasteiger partial charge on any atom is 0.223 e. The Kier molecular flexibility index (Phi) is 3.34. The molecular formula is C15H19N3O. The van der Waals surface area contributed by atoms with Crippen molar-refractivity contribution in [2.24, 2.45) is 0 Å². The molecule has 1 aliphatic rings. The molecule has 4 nitrogen and oxygen atoms in total. The van der Waals surface area contributed by atoms with Crippen LogP contribution in [0.3, 0.4) is 0 Å². The summed E-state index contributed by atoms with van der Waals surface area (Å²) in [5, 5.41) is 4.08. The van der Waals surface area contributed by atoms with Gasteiger partial charge in [-0.1, -0.05) is 35.0 Å². The smallest absolute Gasteiger partial charge is 0.223 e. The van der Waals surface area contributed by atoms with Crippen molar-refractivity contribution in [3.8, 4) is 0 Å². The largest absolute Gasteiger partial charge is 0.340 e. The van der Waals surface area contributed by atoms with Crippen molar-refractivity contribution in [2.75, 3.05) is 6.54 Å². The molecule has 0 aliphatic carbocycles. The molecule has 1 unspecified atom stereocenters. The lowest BCUT2D eigenvalue weighted by atomic mass is 10.1. The topological polar surface area (TPSA) is 42.2 Å². The minimum Gasteiger partial charge on any atom is -0.340 e. The summed E-state index contributed by atoms with van der Waals surface area (Å²) in [4.78, 5) is 6.83. The molecule has 3 rings (SSSR count). The van der Waals surface area contributed by atoms with Crippen molar-refractivity contribution in [2.45, 2.75) is 39.3 Å². The first-order chi connectivity index (χ1) is 9.22. The van der Waals surface area contributed by atoms with Crippen molar-refractivity contribution in [1.29, 1.82) is 0 Å². The molecule has 1 aliphatic heterocycles. The zero-order valence-corrected chi connectivity index (χ0v) is 11.5. The monoisotopic (exact) mass is 257 g/mol. The number of rotatable bonds is 3. The van der Waals surface area contributed by atoms with Crippen molar-refractivity contribution in [1.82, 2.24) is 15.0 Å². The van der Waals surface area contributed by atoms with E-state index in [1.54, 1.807) is 0 Å². The van der Waals surface area contributed by atoms with E-state index < -0.39 is 0 Å². The van der Waals surface area contributed by atoms with Gasteiger partial charge >= 0.3 is 0 Å². The normalized spacial score (nSPS) is 20.0. The van der Waals surface area contributed by atoms with Crippen LogP contribution in [0.15, 0.2) is 28.8 Å². The molecule has 2 heterocycles. The Morgan fingerprint density at radius 3 is 3.00 bits per heavy atom. The first kappa shape index (κ1) is 12.4. The third kappa shape index (κ3) is 2.68. The van der Waals surface area contributed by atoms with Crippen LogP contribution in [0.25, 0.3) is 0 Å². The number of hydrogen-bond donors (Lipinski definition) is 0. The van der Waals surface area contributed by atoms with Crippen LogP contribution < -0.4 is 0 Å². The van der Waals surface area contributed by atoms with Gasteiger partial charge in [0.05, 0.1) is 6.04 Å². The first-order valence-corrected chi connectivity index (χ1v) is 6.82. The van der Waals surface area contributed by atoms with Crippen molar-refractivity contribution in [3.63, 3.8) is 0 Å². The van der Waals surface area contributed by atoms with Crippen LogP contribution in [0.1, 0.15) is 41.7 Å². The third-order valence-electron chi connectivity index (χ3n) is 3.67. The second-order valence-electron chi connectivity index (χ2n) is 5.29. The summed E-state index contributed by atoms with van der Waals surface area (Å²) in [6.45, 7) is 6.04. The number of nitrogens with zero attached hydrogens (tertiary/aromatic N) is 3. The highest BCUT2D eigenvalue weighted by Crippen LogP contribution is 2.31. The highest BCUT2D eigenvalue weighted by atomic mass is 16.5. The summed E-state index contributed by atoms with van der Waals surface area (Å²) in [5.41, 5.74) is 2.66. The molecule has 19 heavy (non-hydrogen) atoms. The Bertz CT molecular complexity index is 564. The second-order valence-corrected chi connectivity index (χ2v) is 5.29. The second kappa shape index (κ2) is 5.13. The average molecular weight is 257 g/mol. The Hall–Kier alpha value is -1.68. The van der Waals surface area contributed by atoms with Gasteiger partial charge in [0, 0.05) is 13.5 Å². The minimum absolute atomic E-state index is 0.304. The molecule has 0 N–H and O–H groups in total. The zero-order chi connectivity index (χ0) is 13.2. The van der Waals surface area contributed by atoms with Crippen LogP contribution in [0, 0.1) is 13.8 Å². The summed E-state index contributed by atoms with van der Waals surface area (Å²) in [5.74, 6) is 1.49. The summed E-state index contributed by atoms with van der Waals surface area (Å²) < 4.78 is 5.11. The van der Waals surface area contributed by atoms with E-state index in [0.29, 0.717) is 11.9 Å². The highest BCUT2D eigenvalue weighted by Gasteiger charge is 2.29. The van der Waals surface area contributed by atoms with Gasteiger partial charge in [-0.25, -0.2) is 0 Å². The van der Waals surface area contributed by atoms with Crippen LogP contribution in [-0.2, 0) is 6.54 Å². The van der Waals surface area contributed by atoms with Crippen LogP contribution in [-0.4, -0.2) is 21.6 Å². The van der Waals surface area contributed by atoms with Gasteiger partial charge in [0.2, 0.25) is 5.89 Å². The molecule has 0 spiro atoms. The van der Waals surface area contributed by atoms with E-state index in [0.717, 1.165) is 25.3 Å². The first-order valence-electron chi connectivity index (χ1n) is 6.82. The van der Waals surface area contributed by atoms with Gasteiger partial charge in [0.1, 0.15) is 0 Å².